The number of anilines is 1. The predicted molar refractivity (Wildman–Crippen MR) is 97.0 cm³/mol. The van der Waals surface area contributed by atoms with Crippen molar-refractivity contribution in [2.24, 2.45) is 11.1 Å². The SMILES string of the molecule is CCC(CC)(CN)C(=O)Nc1ccc(OC)c(S(=O)(=O)NC2CC2)c1. The number of nitrogens with one attached hydrogen (secondary N) is 2. The molecule has 0 heterocycles. The van der Waals surface area contributed by atoms with E-state index in [0.29, 0.717) is 18.5 Å². The molecule has 0 aromatic heterocycles. The Kier molecular flexibility index (Phi) is 6.08. The summed E-state index contributed by atoms with van der Waals surface area (Å²) in [7, 11) is -2.29. The highest BCUT2D eigenvalue weighted by atomic mass is 32.2. The van der Waals surface area contributed by atoms with Crippen LogP contribution in [0, 0.1) is 5.41 Å². The van der Waals surface area contributed by atoms with E-state index in [9.17, 15) is 13.2 Å². The van der Waals surface area contributed by atoms with Crippen LogP contribution in [0.25, 0.3) is 0 Å². The molecule has 25 heavy (non-hydrogen) atoms. The molecule has 1 aromatic rings. The lowest BCUT2D eigenvalue weighted by Crippen LogP contribution is -2.41. The van der Waals surface area contributed by atoms with Gasteiger partial charge < -0.3 is 15.8 Å². The van der Waals surface area contributed by atoms with Crippen molar-refractivity contribution in [1.29, 1.82) is 0 Å². The number of hydrogen-bond acceptors (Lipinski definition) is 5. The van der Waals surface area contributed by atoms with E-state index in [-0.39, 0.29) is 29.1 Å². The molecule has 1 fully saturated rings. The van der Waals surface area contributed by atoms with E-state index in [1.165, 1.54) is 13.2 Å². The molecule has 0 saturated heterocycles. The number of carbonyl (C=O) groups is 1. The third kappa shape index (κ3) is 4.31. The Morgan fingerprint density at radius 2 is 1.96 bits per heavy atom. The molecule has 0 unspecified atom stereocenters. The fourth-order valence-corrected chi connectivity index (χ4v) is 4.16. The maximum atomic E-state index is 12.6. The summed E-state index contributed by atoms with van der Waals surface area (Å²) in [4.78, 5) is 12.7. The number of nitrogens with two attached hydrogens (primary N) is 1. The first-order valence-electron chi connectivity index (χ1n) is 8.53. The molecule has 0 aliphatic heterocycles. The van der Waals surface area contributed by atoms with Gasteiger partial charge in [-0.05, 0) is 43.9 Å². The summed E-state index contributed by atoms with van der Waals surface area (Å²) in [5, 5.41) is 2.80. The quantitative estimate of drug-likeness (QED) is 0.615. The standard InChI is InChI=1S/C17H27N3O4S/c1-4-17(5-2,11-18)16(21)19-13-8-9-14(24-3)15(10-13)25(22,23)20-12-6-7-12/h8-10,12,20H,4-7,11,18H2,1-3H3,(H,19,21). The van der Waals surface area contributed by atoms with Crippen molar-refractivity contribution in [2.75, 3.05) is 19.0 Å². The highest BCUT2D eigenvalue weighted by molar-refractivity contribution is 7.89. The Morgan fingerprint density at radius 1 is 1.32 bits per heavy atom. The van der Waals surface area contributed by atoms with Gasteiger partial charge in [-0.3, -0.25) is 4.79 Å². The number of methoxy groups -OCH3 is 1. The molecule has 1 aliphatic carbocycles. The van der Waals surface area contributed by atoms with Crippen molar-refractivity contribution in [3.8, 4) is 5.75 Å². The molecule has 8 heteroatoms. The van der Waals surface area contributed by atoms with Gasteiger partial charge in [-0.1, -0.05) is 13.8 Å². The van der Waals surface area contributed by atoms with Gasteiger partial charge in [0.1, 0.15) is 10.6 Å². The molecule has 7 nitrogen and oxygen atoms in total. The molecule has 0 spiro atoms. The van der Waals surface area contributed by atoms with Gasteiger partial charge in [0.05, 0.1) is 12.5 Å². The summed E-state index contributed by atoms with van der Waals surface area (Å²) in [6.45, 7) is 4.06. The highest BCUT2D eigenvalue weighted by Crippen LogP contribution is 2.31. The van der Waals surface area contributed by atoms with Crippen LogP contribution in [-0.2, 0) is 14.8 Å². The summed E-state index contributed by atoms with van der Waals surface area (Å²) in [6.07, 6.45) is 2.89. The minimum atomic E-state index is -3.70. The normalized spacial score (nSPS) is 15.0. The van der Waals surface area contributed by atoms with Crippen LogP contribution in [0.5, 0.6) is 5.75 Å². The molecule has 0 bridgehead atoms. The number of carbonyl (C=O) groups excluding carboxylic acids is 1. The van der Waals surface area contributed by atoms with E-state index in [4.69, 9.17) is 10.5 Å². The van der Waals surface area contributed by atoms with Gasteiger partial charge in [0.25, 0.3) is 0 Å². The first-order chi connectivity index (χ1) is 11.8. The van der Waals surface area contributed by atoms with Crippen LogP contribution < -0.4 is 20.5 Å². The van der Waals surface area contributed by atoms with Gasteiger partial charge in [-0.15, -0.1) is 0 Å². The van der Waals surface area contributed by atoms with Gasteiger partial charge in [0.2, 0.25) is 15.9 Å². The smallest absolute Gasteiger partial charge is 0.244 e. The van der Waals surface area contributed by atoms with E-state index in [2.05, 4.69) is 10.0 Å². The summed E-state index contributed by atoms with van der Waals surface area (Å²) in [5.74, 6) is 0.0332. The maximum absolute atomic E-state index is 12.6. The molecular formula is C17H27N3O4S. The lowest BCUT2D eigenvalue weighted by molar-refractivity contribution is -0.125. The molecule has 1 aromatic carbocycles. The lowest BCUT2D eigenvalue weighted by Gasteiger charge is -2.28. The fourth-order valence-electron chi connectivity index (χ4n) is 2.66. The lowest BCUT2D eigenvalue weighted by atomic mass is 9.81. The van der Waals surface area contributed by atoms with Crippen molar-refractivity contribution in [3.05, 3.63) is 18.2 Å². The van der Waals surface area contributed by atoms with Gasteiger partial charge >= 0.3 is 0 Å². The zero-order chi connectivity index (χ0) is 18.7. The van der Waals surface area contributed by atoms with Crippen molar-refractivity contribution < 1.29 is 17.9 Å². The Bertz CT molecular complexity index is 717. The molecule has 4 N–H and O–H groups in total. The molecule has 0 radical (unpaired) electrons. The highest BCUT2D eigenvalue weighted by Gasteiger charge is 2.34. The number of ether oxygens (including phenoxy) is 1. The molecule has 0 atom stereocenters. The summed E-state index contributed by atoms with van der Waals surface area (Å²) in [5.41, 5.74) is 5.55. The fraction of sp³-hybridized carbons (Fsp3) is 0.588. The zero-order valence-electron chi connectivity index (χ0n) is 15.0. The van der Waals surface area contributed by atoms with Crippen molar-refractivity contribution in [1.82, 2.24) is 4.72 Å². The Labute approximate surface area is 149 Å². The molecule has 1 amide bonds. The predicted octanol–water partition coefficient (Wildman–Crippen LogP) is 1.84. The molecule has 1 aliphatic rings. The van der Waals surface area contributed by atoms with E-state index < -0.39 is 15.4 Å². The first-order valence-corrected chi connectivity index (χ1v) is 10.0. The summed E-state index contributed by atoms with van der Waals surface area (Å²) < 4.78 is 32.9. The van der Waals surface area contributed by atoms with E-state index in [1.54, 1.807) is 12.1 Å². The second kappa shape index (κ2) is 7.72. The summed E-state index contributed by atoms with van der Waals surface area (Å²) >= 11 is 0. The number of rotatable bonds is 9. The number of benzene rings is 1. The van der Waals surface area contributed by atoms with Crippen LogP contribution in [0.3, 0.4) is 0 Å². The Morgan fingerprint density at radius 3 is 2.44 bits per heavy atom. The summed E-state index contributed by atoms with van der Waals surface area (Å²) in [6, 6.07) is 4.57. The minimum Gasteiger partial charge on any atom is -0.495 e. The number of amides is 1. The van der Waals surface area contributed by atoms with Crippen LogP contribution in [-0.4, -0.2) is 34.0 Å². The van der Waals surface area contributed by atoms with Gasteiger partial charge in [-0.25, -0.2) is 13.1 Å². The largest absolute Gasteiger partial charge is 0.495 e. The Balaban J connectivity index is 2.31. The number of sulfonamides is 1. The average Bonchev–Trinajstić information content (AvgIpc) is 3.40. The van der Waals surface area contributed by atoms with Crippen molar-refractivity contribution in [2.45, 2.75) is 50.5 Å². The molecular weight excluding hydrogens is 342 g/mol. The van der Waals surface area contributed by atoms with Crippen LogP contribution in [0.2, 0.25) is 0 Å². The van der Waals surface area contributed by atoms with Crippen LogP contribution in [0.15, 0.2) is 23.1 Å². The van der Waals surface area contributed by atoms with Crippen LogP contribution in [0.1, 0.15) is 39.5 Å². The van der Waals surface area contributed by atoms with Gasteiger partial charge in [0.15, 0.2) is 0 Å². The molecule has 140 valence electrons. The third-order valence-electron chi connectivity index (χ3n) is 4.84. The van der Waals surface area contributed by atoms with Crippen LogP contribution in [0.4, 0.5) is 5.69 Å². The minimum absolute atomic E-state index is 0.0157. The average molecular weight is 369 g/mol. The van der Waals surface area contributed by atoms with Crippen molar-refractivity contribution >= 4 is 21.6 Å². The molecule has 1 saturated carbocycles. The zero-order valence-corrected chi connectivity index (χ0v) is 15.8. The van der Waals surface area contributed by atoms with Crippen molar-refractivity contribution in [3.63, 3.8) is 0 Å². The first kappa shape index (κ1) is 19.7. The number of hydrogen-bond donors (Lipinski definition) is 3. The maximum Gasteiger partial charge on any atom is 0.244 e. The Hall–Kier alpha value is -1.64. The molecule has 2 rings (SSSR count). The van der Waals surface area contributed by atoms with E-state index in [0.717, 1.165) is 12.8 Å². The van der Waals surface area contributed by atoms with E-state index >= 15 is 0 Å². The second-order valence-electron chi connectivity index (χ2n) is 6.41. The second-order valence-corrected chi connectivity index (χ2v) is 8.09. The van der Waals surface area contributed by atoms with Gasteiger partial charge in [-0.2, -0.15) is 0 Å². The van der Waals surface area contributed by atoms with Gasteiger partial charge in [0, 0.05) is 18.3 Å². The van der Waals surface area contributed by atoms with Crippen LogP contribution >= 0.6 is 0 Å². The monoisotopic (exact) mass is 369 g/mol. The van der Waals surface area contributed by atoms with E-state index in [1.807, 2.05) is 13.8 Å². The third-order valence-corrected chi connectivity index (χ3v) is 6.38. The topological polar surface area (TPSA) is 111 Å².